The van der Waals surface area contributed by atoms with Crippen LogP contribution in [0.5, 0.6) is 0 Å². The second kappa shape index (κ2) is 5.63. The molecule has 0 saturated heterocycles. The van der Waals surface area contributed by atoms with E-state index in [1.807, 2.05) is 26.1 Å². The lowest BCUT2D eigenvalue weighted by Gasteiger charge is -2.12. The maximum atomic E-state index is 12.1. The normalized spacial score (nSPS) is 14.6. The highest BCUT2D eigenvalue weighted by Gasteiger charge is 2.19. The number of para-hydroxylation sites is 1. The smallest absolute Gasteiger partial charge is 0.267 e. The topological polar surface area (TPSA) is 75.5 Å². The van der Waals surface area contributed by atoms with Gasteiger partial charge in [-0.05, 0) is 18.6 Å². The Morgan fingerprint density at radius 3 is 2.86 bits per heavy atom. The van der Waals surface area contributed by atoms with Crippen molar-refractivity contribution in [1.82, 2.24) is 15.3 Å². The van der Waals surface area contributed by atoms with Gasteiger partial charge in [0.2, 0.25) is 5.91 Å². The second-order valence-electron chi connectivity index (χ2n) is 5.42. The van der Waals surface area contributed by atoms with Crippen LogP contribution in [-0.4, -0.2) is 22.1 Å². The van der Waals surface area contributed by atoms with Crippen molar-refractivity contribution in [3.8, 4) is 0 Å². The van der Waals surface area contributed by atoms with Crippen molar-refractivity contribution in [2.24, 2.45) is 12.1 Å². The van der Waals surface area contributed by atoms with Gasteiger partial charge in [0, 0.05) is 43.0 Å². The van der Waals surface area contributed by atoms with Gasteiger partial charge in [-0.3, -0.25) is 9.59 Å². The van der Waals surface area contributed by atoms with E-state index in [2.05, 4.69) is 32.5 Å². The lowest BCUT2D eigenvalue weighted by Crippen LogP contribution is -2.36. The number of benzene rings is 1. The maximum absolute atomic E-state index is 12.1. The molecule has 6 heteroatoms. The van der Waals surface area contributed by atoms with Crippen LogP contribution in [0.4, 0.5) is 0 Å². The molecule has 2 amide bonds. The average Bonchev–Trinajstić information content (AvgIpc) is 2.78. The van der Waals surface area contributed by atoms with E-state index in [9.17, 15) is 9.59 Å². The van der Waals surface area contributed by atoms with Crippen molar-refractivity contribution in [1.29, 1.82) is 0 Å². The molecule has 6 nitrogen and oxygen atoms in total. The summed E-state index contributed by atoms with van der Waals surface area (Å²) in [5.41, 5.74) is 6.09. The predicted molar refractivity (Wildman–Crippen MR) is 84.3 cm³/mol. The first-order valence-electron chi connectivity index (χ1n) is 7.24. The van der Waals surface area contributed by atoms with Crippen LogP contribution < -0.4 is 10.7 Å². The number of aromatic nitrogens is 1. The van der Waals surface area contributed by atoms with Crippen LogP contribution in [0.2, 0.25) is 0 Å². The summed E-state index contributed by atoms with van der Waals surface area (Å²) in [6.07, 6.45) is 0.686. The number of aryl methyl sites for hydroxylation is 1. The number of fused-ring (bicyclic) bond motifs is 1. The molecule has 1 aliphatic rings. The Labute approximate surface area is 128 Å². The molecule has 0 saturated carbocycles. The van der Waals surface area contributed by atoms with E-state index >= 15 is 0 Å². The lowest BCUT2D eigenvalue weighted by molar-refractivity contribution is -0.121. The van der Waals surface area contributed by atoms with Crippen LogP contribution in [0, 0.1) is 6.92 Å². The van der Waals surface area contributed by atoms with Gasteiger partial charge in [0.15, 0.2) is 0 Å². The average molecular weight is 298 g/mol. The molecule has 0 fully saturated rings. The zero-order valence-corrected chi connectivity index (χ0v) is 12.6. The van der Waals surface area contributed by atoms with Gasteiger partial charge in [0.05, 0.1) is 0 Å². The number of rotatable bonds is 3. The van der Waals surface area contributed by atoms with Gasteiger partial charge in [0.1, 0.15) is 5.71 Å². The van der Waals surface area contributed by atoms with Crippen LogP contribution in [0.3, 0.4) is 0 Å². The Bertz CT molecular complexity index is 789. The van der Waals surface area contributed by atoms with E-state index < -0.39 is 0 Å². The molecule has 0 radical (unpaired) electrons. The fourth-order valence-electron chi connectivity index (χ4n) is 2.73. The minimum Gasteiger partial charge on any atom is -0.348 e. The highest BCUT2D eigenvalue weighted by Crippen LogP contribution is 2.24. The number of hydrogen-bond acceptors (Lipinski definition) is 3. The van der Waals surface area contributed by atoms with Gasteiger partial charge in [0.25, 0.3) is 5.91 Å². The third-order valence-corrected chi connectivity index (χ3v) is 4.12. The molecule has 1 aromatic carbocycles. The van der Waals surface area contributed by atoms with Gasteiger partial charge in [-0.25, -0.2) is 5.43 Å². The van der Waals surface area contributed by atoms with Gasteiger partial charge in [-0.2, -0.15) is 5.10 Å². The van der Waals surface area contributed by atoms with E-state index in [0.717, 1.165) is 22.2 Å². The Balaban J connectivity index is 1.78. The highest BCUT2D eigenvalue weighted by atomic mass is 16.2. The standard InChI is InChI=1S/C16H18N4O2/c1-10-12(11-5-3-4-6-14(11)20(10)2)9-17-16(22)13-7-8-15(21)19-18-13/h3-6H,7-9H2,1-2H3,(H,17,22)(H,19,21). The van der Waals surface area contributed by atoms with Crippen LogP contribution in [0.25, 0.3) is 10.9 Å². The van der Waals surface area contributed by atoms with Crippen molar-refractivity contribution < 1.29 is 9.59 Å². The van der Waals surface area contributed by atoms with Gasteiger partial charge < -0.3 is 9.88 Å². The molecule has 1 aromatic heterocycles. The van der Waals surface area contributed by atoms with Crippen molar-refractivity contribution >= 4 is 28.4 Å². The van der Waals surface area contributed by atoms with E-state index in [1.54, 1.807) is 0 Å². The zero-order chi connectivity index (χ0) is 15.7. The Kier molecular flexibility index (Phi) is 3.66. The molecule has 0 aliphatic carbocycles. The van der Waals surface area contributed by atoms with Crippen molar-refractivity contribution in [2.45, 2.75) is 26.3 Å². The SMILES string of the molecule is Cc1c(CNC(=O)C2=NNC(=O)CC2)c2ccccc2n1C. The quantitative estimate of drug-likeness (QED) is 0.898. The summed E-state index contributed by atoms with van der Waals surface area (Å²) in [6, 6.07) is 8.12. The van der Waals surface area contributed by atoms with E-state index in [0.29, 0.717) is 25.1 Å². The maximum Gasteiger partial charge on any atom is 0.267 e. The van der Waals surface area contributed by atoms with Crippen LogP contribution in [-0.2, 0) is 23.2 Å². The fourth-order valence-corrected chi connectivity index (χ4v) is 2.73. The van der Waals surface area contributed by atoms with Crippen LogP contribution in [0.1, 0.15) is 24.1 Å². The minimum absolute atomic E-state index is 0.151. The number of nitrogens with one attached hydrogen (secondary N) is 2. The molecule has 0 unspecified atom stereocenters. The summed E-state index contributed by atoms with van der Waals surface area (Å²) < 4.78 is 2.12. The number of nitrogens with zero attached hydrogens (tertiary/aromatic N) is 2. The second-order valence-corrected chi connectivity index (χ2v) is 5.42. The third-order valence-electron chi connectivity index (χ3n) is 4.12. The van der Waals surface area contributed by atoms with Crippen LogP contribution >= 0.6 is 0 Å². The number of hydrogen-bond donors (Lipinski definition) is 2. The van der Waals surface area contributed by atoms with Gasteiger partial charge in [-0.15, -0.1) is 0 Å². The van der Waals surface area contributed by atoms with Crippen molar-refractivity contribution in [2.75, 3.05) is 0 Å². The van der Waals surface area contributed by atoms with E-state index in [-0.39, 0.29) is 11.8 Å². The summed E-state index contributed by atoms with van der Waals surface area (Å²) in [5, 5.41) is 7.85. The van der Waals surface area contributed by atoms with Crippen LogP contribution in [0.15, 0.2) is 29.4 Å². The summed E-state index contributed by atoms with van der Waals surface area (Å²) in [4.78, 5) is 23.2. The molecular weight excluding hydrogens is 280 g/mol. The third kappa shape index (κ3) is 2.47. The van der Waals surface area contributed by atoms with Crippen molar-refractivity contribution in [3.63, 3.8) is 0 Å². The minimum atomic E-state index is -0.229. The molecule has 2 heterocycles. The molecule has 0 spiro atoms. The van der Waals surface area contributed by atoms with Gasteiger partial charge in [-0.1, -0.05) is 18.2 Å². The Morgan fingerprint density at radius 1 is 1.36 bits per heavy atom. The molecular formula is C16H18N4O2. The molecule has 114 valence electrons. The largest absolute Gasteiger partial charge is 0.348 e. The zero-order valence-electron chi connectivity index (χ0n) is 12.6. The summed E-state index contributed by atoms with van der Waals surface area (Å²) in [7, 11) is 2.02. The molecule has 22 heavy (non-hydrogen) atoms. The summed E-state index contributed by atoms with van der Waals surface area (Å²) in [6.45, 7) is 2.48. The molecule has 1 aliphatic heterocycles. The van der Waals surface area contributed by atoms with Gasteiger partial charge >= 0.3 is 0 Å². The number of carbonyl (C=O) groups excluding carboxylic acids is 2. The lowest BCUT2D eigenvalue weighted by atomic mass is 10.1. The van der Waals surface area contributed by atoms with E-state index in [1.165, 1.54) is 0 Å². The number of carbonyl (C=O) groups is 2. The summed E-state index contributed by atoms with van der Waals surface area (Å²) >= 11 is 0. The summed E-state index contributed by atoms with van der Waals surface area (Å²) in [5.74, 6) is -0.381. The Morgan fingerprint density at radius 2 is 2.14 bits per heavy atom. The highest BCUT2D eigenvalue weighted by molar-refractivity contribution is 6.39. The first-order chi connectivity index (χ1) is 10.6. The first kappa shape index (κ1) is 14.3. The Hall–Kier alpha value is -2.63. The van der Waals surface area contributed by atoms with Crippen molar-refractivity contribution in [3.05, 3.63) is 35.5 Å². The predicted octanol–water partition coefficient (Wildman–Crippen LogP) is 1.37. The number of amides is 2. The first-order valence-corrected chi connectivity index (χ1v) is 7.24. The molecule has 3 rings (SSSR count). The molecule has 0 atom stereocenters. The monoisotopic (exact) mass is 298 g/mol. The fraction of sp³-hybridized carbons (Fsp3) is 0.312. The molecule has 0 bridgehead atoms. The number of hydrazone groups is 1. The molecule has 2 N–H and O–H groups in total. The van der Waals surface area contributed by atoms with E-state index in [4.69, 9.17) is 0 Å². The molecule has 2 aromatic rings.